The SMILES string of the molecule is CCC(C)c1ccc(OC(=O)OC(C)(C)C)c(O)c1.CCC(C)c1ccc(OC(C)(C)C)c(OC(C)(C)C)c1.CCC(C)c1cccc2c(OC(=O)OC(C)(C)C)cccc12.CCC(C)c1cccc2c(OC(C)(C)C)cccc12.CCC(C)c1cccc2c(OC(C)c3ccccc3)cccc12. The molecular formula is C92H124O11. The number of ether oxygens (including phenoxy) is 8. The van der Waals surface area contributed by atoms with Gasteiger partial charge in [0.2, 0.25) is 0 Å². The zero-order valence-corrected chi connectivity index (χ0v) is 67.3. The molecule has 9 aromatic carbocycles. The van der Waals surface area contributed by atoms with E-state index in [1.165, 1.54) is 49.4 Å². The Kier molecular flexibility index (Phi) is 31.5. The van der Waals surface area contributed by atoms with E-state index < -0.39 is 23.5 Å². The molecule has 9 aromatic rings. The normalized spacial score (nSPS) is 13.4. The fraction of sp³-hybridized carbons (Fsp3) is 0.457. The number of aromatic hydroxyl groups is 1. The van der Waals surface area contributed by atoms with Crippen molar-refractivity contribution < 1.29 is 52.6 Å². The van der Waals surface area contributed by atoms with E-state index in [0.717, 1.165) is 71.4 Å². The molecule has 6 atom stereocenters. The fourth-order valence-electron chi connectivity index (χ4n) is 11.2. The van der Waals surface area contributed by atoms with Gasteiger partial charge in [0.05, 0.1) is 0 Å². The second-order valence-corrected chi connectivity index (χ2v) is 32.0. The summed E-state index contributed by atoms with van der Waals surface area (Å²) in [5.41, 5.74) is 5.79. The highest BCUT2D eigenvalue weighted by atomic mass is 16.7. The van der Waals surface area contributed by atoms with E-state index in [1.54, 1.807) is 39.0 Å². The van der Waals surface area contributed by atoms with Gasteiger partial charge < -0.3 is 43.0 Å². The highest BCUT2D eigenvalue weighted by Gasteiger charge is 2.25. The fourth-order valence-corrected chi connectivity index (χ4v) is 11.2. The number of fused-ring (bicyclic) bond motifs is 3. The van der Waals surface area contributed by atoms with Crippen molar-refractivity contribution in [3.05, 3.63) is 209 Å². The molecule has 0 fully saturated rings. The van der Waals surface area contributed by atoms with Crippen LogP contribution in [-0.4, -0.2) is 45.4 Å². The molecule has 0 saturated heterocycles. The molecule has 0 saturated carbocycles. The van der Waals surface area contributed by atoms with Crippen molar-refractivity contribution in [2.24, 2.45) is 0 Å². The van der Waals surface area contributed by atoms with Gasteiger partial charge in [-0.2, -0.15) is 0 Å². The lowest BCUT2D eigenvalue weighted by Crippen LogP contribution is -2.26. The summed E-state index contributed by atoms with van der Waals surface area (Å²) in [6, 6.07) is 59.4. The Bertz CT molecular complexity index is 4110. The molecule has 6 unspecified atom stereocenters. The molecule has 11 nitrogen and oxygen atoms in total. The molecular weight excluding hydrogens is 1280 g/mol. The molecule has 0 heterocycles. The first-order valence-electron chi connectivity index (χ1n) is 37.3. The first-order chi connectivity index (χ1) is 48.2. The van der Waals surface area contributed by atoms with Crippen LogP contribution in [-0.2, 0) is 9.47 Å². The second-order valence-electron chi connectivity index (χ2n) is 32.0. The lowest BCUT2D eigenvalue weighted by Gasteiger charge is -2.28. The molecule has 9 rings (SSSR count). The third-order valence-electron chi connectivity index (χ3n) is 17.5. The van der Waals surface area contributed by atoms with Gasteiger partial charge in [-0.15, -0.1) is 0 Å². The van der Waals surface area contributed by atoms with Crippen molar-refractivity contribution in [2.75, 3.05) is 0 Å². The van der Waals surface area contributed by atoms with E-state index in [0.29, 0.717) is 35.3 Å². The molecule has 0 amide bonds. The summed E-state index contributed by atoms with van der Waals surface area (Å²) < 4.78 is 45.1. The van der Waals surface area contributed by atoms with Crippen LogP contribution < -0.4 is 28.4 Å². The predicted octanol–water partition coefficient (Wildman–Crippen LogP) is 27.5. The maximum Gasteiger partial charge on any atom is 0.514 e. The Morgan fingerprint density at radius 1 is 0.311 bits per heavy atom. The molecule has 558 valence electrons. The van der Waals surface area contributed by atoms with Crippen LogP contribution in [0.25, 0.3) is 32.3 Å². The Hall–Kier alpha value is -8.70. The number of hydrogen-bond donors (Lipinski definition) is 1. The minimum Gasteiger partial charge on any atom is -0.504 e. The van der Waals surface area contributed by atoms with Gasteiger partial charge in [0.1, 0.15) is 51.4 Å². The molecule has 103 heavy (non-hydrogen) atoms. The molecule has 0 aliphatic carbocycles. The molecule has 0 aliphatic heterocycles. The molecule has 0 bridgehead atoms. The number of hydrogen-bond acceptors (Lipinski definition) is 11. The summed E-state index contributed by atoms with van der Waals surface area (Å²) in [4.78, 5) is 23.4. The Labute approximate surface area is 619 Å². The van der Waals surface area contributed by atoms with Crippen LogP contribution in [0.15, 0.2) is 176 Å². The van der Waals surface area contributed by atoms with Gasteiger partial charge >= 0.3 is 12.3 Å². The number of carbonyl (C=O) groups excluding carboxylic acids is 2. The Morgan fingerprint density at radius 3 is 1.04 bits per heavy atom. The van der Waals surface area contributed by atoms with Gasteiger partial charge in [0.25, 0.3) is 0 Å². The minimum atomic E-state index is -0.820. The lowest BCUT2D eigenvalue weighted by molar-refractivity contribution is 0.0191. The van der Waals surface area contributed by atoms with Crippen LogP contribution >= 0.6 is 0 Å². The van der Waals surface area contributed by atoms with Gasteiger partial charge in [-0.05, 0) is 264 Å². The van der Waals surface area contributed by atoms with Crippen molar-refractivity contribution in [3.8, 4) is 40.2 Å². The van der Waals surface area contributed by atoms with Gasteiger partial charge in [-0.25, -0.2) is 9.59 Å². The summed E-state index contributed by atoms with van der Waals surface area (Å²) in [6.07, 6.45) is 4.01. The van der Waals surface area contributed by atoms with Crippen LogP contribution in [0.4, 0.5) is 9.59 Å². The van der Waals surface area contributed by atoms with E-state index in [9.17, 15) is 14.7 Å². The molecule has 0 spiro atoms. The van der Waals surface area contributed by atoms with Crippen molar-refractivity contribution >= 4 is 44.6 Å². The average molecular weight is 1410 g/mol. The third kappa shape index (κ3) is 27.5. The van der Waals surface area contributed by atoms with Crippen LogP contribution in [0, 0.1) is 0 Å². The number of rotatable bonds is 18. The van der Waals surface area contributed by atoms with Crippen LogP contribution in [0.5, 0.6) is 40.2 Å². The number of benzene rings is 9. The second kappa shape index (κ2) is 38.2. The van der Waals surface area contributed by atoms with E-state index in [-0.39, 0.29) is 34.4 Å². The first kappa shape index (κ1) is 85.0. The average Bonchev–Trinajstić information content (AvgIpc) is 0.810. The number of phenols is 1. The lowest BCUT2D eigenvalue weighted by atomic mass is 9.93. The molecule has 0 aromatic heterocycles. The Balaban J connectivity index is 0.000000232. The first-order valence-corrected chi connectivity index (χ1v) is 37.3. The maximum absolute atomic E-state index is 11.9. The monoisotopic (exact) mass is 1400 g/mol. The third-order valence-corrected chi connectivity index (χ3v) is 17.5. The van der Waals surface area contributed by atoms with Gasteiger partial charge in [-0.1, -0.05) is 203 Å². The number of phenolic OH excluding ortho intramolecular Hbond substituents is 1. The van der Waals surface area contributed by atoms with E-state index >= 15 is 0 Å². The smallest absolute Gasteiger partial charge is 0.504 e. The van der Waals surface area contributed by atoms with Crippen LogP contribution in [0.1, 0.15) is 281 Å². The van der Waals surface area contributed by atoms with Gasteiger partial charge in [-0.3, -0.25) is 0 Å². The summed E-state index contributed by atoms with van der Waals surface area (Å²) >= 11 is 0. The highest BCUT2D eigenvalue weighted by Crippen LogP contribution is 2.40. The summed E-state index contributed by atoms with van der Waals surface area (Å²) in [5, 5.41) is 17.0. The van der Waals surface area contributed by atoms with Crippen molar-refractivity contribution in [1.82, 2.24) is 0 Å². The zero-order chi connectivity index (χ0) is 76.8. The van der Waals surface area contributed by atoms with Crippen LogP contribution in [0.3, 0.4) is 0 Å². The van der Waals surface area contributed by atoms with E-state index in [2.05, 4.69) is 260 Å². The van der Waals surface area contributed by atoms with Crippen molar-refractivity contribution in [1.29, 1.82) is 0 Å². The maximum atomic E-state index is 11.9. The molecule has 11 heteroatoms. The summed E-state index contributed by atoms with van der Waals surface area (Å²) in [5.74, 6) is 6.67. The van der Waals surface area contributed by atoms with E-state index in [1.807, 2.05) is 57.2 Å². The molecule has 1 N–H and O–H groups in total. The highest BCUT2D eigenvalue weighted by molar-refractivity contribution is 5.94. The van der Waals surface area contributed by atoms with E-state index in [4.69, 9.17) is 37.9 Å². The van der Waals surface area contributed by atoms with Gasteiger partial charge in [0.15, 0.2) is 23.0 Å². The van der Waals surface area contributed by atoms with Crippen molar-refractivity contribution in [3.63, 3.8) is 0 Å². The largest absolute Gasteiger partial charge is 0.514 e. The Morgan fingerprint density at radius 2 is 0.641 bits per heavy atom. The topological polar surface area (TPSA) is 128 Å². The minimum absolute atomic E-state index is 0.0362. The standard InChI is InChI=1S/C22H24O.C19H24O3.C18H30O2.C18H24O.C15H22O4/c1-4-16(2)19-12-8-14-21-20(19)13-9-15-22(21)23-17(3)18-10-6-5-7-11-18;1-6-13(2)14-9-7-11-16-15(14)10-8-12-17(16)21-18(20)22-19(3,4)5;1-9-13(2)14-10-11-15(19-17(3,4)5)16(12-14)20-18(6,7)8;1-6-13(2)14-9-7-11-16-15(14)10-8-12-17(16)19-18(3,4)5;1-6-10(2)11-7-8-13(12(16)9-11)18-14(17)19-15(3,4)5/h5-17H,4H2,1-3H3;7-13H,6H2,1-5H3;10-13H,9H2,1-8H3;7-13H,6H2,1-5H3;7-10,16H,6H2,1-5H3. The summed E-state index contributed by atoms with van der Waals surface area (Å²) in [6.45, 7) is 53.4. The number of carbonyl (C=O) groups is 2. The predicted molar refractivity (Wildman–Crippen MR) is 430 cm³/mol. The van der Waals surface area contributed by atoms with Crippen molar-refractivity contribution in [2.45, 2.75) is 276 Å². The summed E-state index contributed by atoms with van der Waals surface area (Å²) in [7, 11) is 0. The quantitative estimate of drug-likeness (QED) is 0.0651. The molecule has 0 aliphatic rings. The molecule has 0 radical (unpaired) electrons. The van der Waals surface area contributed by atoms with Gasteiger partial charge in [0, 0.05) is 16.2 Å². The zero-order valence-electron chi connectivity index (χ0n) is 67.3. The van der Waals surface area contributed by atoms with Crippen LogP contribution in [0.2, 0.25) is 0 Å².